The van der Waals surface area contributed by atoms with E-state index >= 15 is 0 Å². The number of nitrogens with two attached hydrogens (primary N) is 1. The van der Waals surface area contributed by atoms with Crippen LogP contribution in [0.15, 0.2) is 24.3 Å². The molecule has 0 bridgehead atoms. The number of carbonyl (C=O) groups excluding carboxylic acids is 1. The van der Waals surface area contributed by atoms with Crippen LogP contribution in [-0.4, -0.2) is 42.8 Å². The summed E-state index contributed by atoms with van der Waals surface area (Å²) in [6.07, 6.45) is 4.60. The zero-order chi connectivity index (χ0) is 15.6. The molecule has 1 atom stereocenters. The van der Waals surface area contributed by atoms with E-state index in [1.807, 2.05) is 12.1 Å². The number of nitrogen functional groups attached to an aromatic ring is 1. The summed E-state index contributed by atoms with van der Waals surface area (Å²) in [5, 5.41) is 0. The molecule has 5 nitrogen and oxygen atoms in total. The molecule has 2 saturated heterocycles. The van der Waals surface area contributed by atoms with E-state index in [0.29, 0.717) is 10.7 Å². The summed E-state index contributed by atoms with van der Waals surface area (Å²) >= 11 is 0. The van der Waals surface area contributed by atoms with E-state index in [0.717, 1.165) is 51.1 Å². The Balaban J connectivity index is 1.74. The number of benzene rings is 1. The van der Waals surface area contributed by atoms with Crippen molar-refractivity contribution in [2.75, 3.05) is 36.8 Å². The van der Waals surface area contributed by atoms with E-state index in [1.54, 1.807) is 0 Å². The maximum atomic E-state index is 11.6. The SMILES string of the molecule is CC(=O)O[N+]1(C2CCN(c3ccc(N)cc3)C2)CCCCC1. The van der Waals surface area contributed by atoms with Crippen molar-refractivity contribution in [2.24, 2.45) is 0 Å². The number of nitrogens with zero attached hydrogens (tertiary/aromatic N) is 2. The Hall–Kier alpha value is -1.75. The molecule has 0 aliphatic carbocycles. The van der Waals surface area contributed by atoms with Gasteiger partial charge in [0.25, 0.3) is 0 Å². The quantitative estimate of drug-likeness (QED) is 0.688. The largest absolute Gasteiger partial charge is 0.399 e. The number of hydrogen-bond donors (Lipinski definition) is 1. The lowest BCUT2D eigenvalue weighted by Crippen LogP contribution is -2.59. The molecule has 1 aromatic rings. The minimum Gasteiger partial charge on any atom is -0.399 e. The van der Waals surface area contributed by atoms with Gasteiger partial charge in [0, 0.05) is 44.1 Å². The second-order valence-corrected chi connectivity index (χ2v) is 6.52. The Morgan fingerprint density at radius 1 is 1.23 bits per heavy atom. The number of anilines is 2. The second-order valence-electron chi connectivity index (χ2n) is 6.52. The van der Waals surface area contributed by atoms with Gasteiger partial charge in [-0.25, -0.2) is 4.79 Å². The van der Waals surface area contributed by atoms with E-state index in [2.05, 4.69) is 17.0 Å². The summed E-state index contributed by atoms with van der Waals surface area (Å²) in [4.78, 5) is 19.8. The molecule has 0 spiro atoms. The highest BCUT2D eigenvalue weighted by Gasteiger charge is 2.46. The van der Waals surface area contributed by atoms with E-state index in [9.17, 15) is 4.79 Å². The summed E-state index contributed by atoms with van der Waals surface area (Å²) < 4.78 is 0.529. The van der Waals surface area contributed by atoms with E-state index < -0.39 is 0 Å². The number of hydrogen-bond acceptors (Lipinski definition) is 4. The minimum atomic E-state index is -0.159. The standard InChI is InChI=1S/C17H26N3O2/c1-14(21)22-20(11-3-2-4-12-20)17-9-10-19(13-17)16-7-5-15(18)6-8-16/h5-8,17H,2-4,9-13,18H2,1H3/q+1. The fourth-order valence-electron chi connectivity index (χ4n) is 3.88. The number of likely N-dealkylation sites (tertiary alicyclic amines) is 1. The predicted octanol–water partition coefficient (Wildman–Crippen LogP) is 2.33. The molecule has 2 aliphatic heterocycles. The Morgan fingerprint density at radius 3 is 2.55 bits per heavy atom. The molecule has 0 saturated carbocycles. The van der Waals surface area contributed by atoms with Gasteiger partial charge in [-0.3, -0.25) is 4.84 Å². The smallest absolute Gasteiger partial charge is 0.363 e. The Kier molecular flexibility index (Phi) is 4.25. The van der Waals surface area contributed by atoms with Crippen molar-refractivity contribution in [3.05, 3.63) is 24.3 Å². The van der Waals surface area contributed by atoms with Crippen LogP contribution in [0, 0.1) is 0 Å². The molecule has 3 rings (SSSR count). The molecule has 2 fully saturated rings. The Morgan fingerprint density at radius 2 is 1.91 bits per heavy atom. The van der Waals surface area contributed by atoms with E-state index in [-0.39, 0.29) is 5.97 Å². The van der Waals surface area contributed by atoms with Crippen LogP contribution < -0.4 is 10.6 Å². The molecule has 120 valence electrons. The van der Waals surface area contributed by atoms with Gasteiger partial charge in [-0.2, -0.15) is 0 Å². The first-order valence-corrected chi connectivity index (χ1v) is 8.26. The van der Waals surface area contributed by atoms with Crippen LogP contribution in [0.1, 0.15) is 32.6 Å². The van der Waals surface area contributed by atoms with Crippen LogP contribution in [0.3, 0.4) is 0 Å². The maximum Gasteiger partial charge on any atom is 0.363 e. The fourth-order valence-corrected chi connectivity index (χ4v) is 3.88. The lowest BCUT2D eigenvalue weighted by molar-refractivity contribution is -1.11. The van der Waals surface area contributed by atoms with Crippen LogP contribution in [0.5, 0.6) is 0 Å². The summed E-state index contributed by atoms with van der Waals surface area (Å²) in [6, 6.07) is 8.41. The van der Waals surface area contributed by atoms with Crippen LogP contribution >= 0.6 is 0 Å². The van der Waals surface area contributed by atoms with Gasteiger partial charge in [-0.15, -0.1) is 4.65 Å². The molecular weight excluding hydrogens is 278 g/mol. The topological polar surface area (TPSA) is 55.6 Å². The molecule has 2 heterocycles. The highest BCUT2D eigenvalue weighted by molar-refractivity contribution is 5.65. The summed E-state index contributed by atoms with van der Waals surface area (Å²) in [5.41, 5.74) is 7.76. The van der Waals surface area contributed by atoms with Gasteiger partial charge >= 0.3 is 5.97 Å². The molecular formula is C17H26N3O2+. The Bertz CT molecular complexity index is 523. The zero-order valence-electron chi connectivity index (χ0n) is 13.3. The second kappa shape index (κ2) is 6.16. The van der Waals surface area contributed by atoms with Crippen molar-refractivity contribution < 1.29 is 14.3 Å². The number of carbonyl (C=O) groups is 1. The highest BCUT2D eigenvalue weighted by Crippen LogP contribution is 2.32. The molecule has 1 aromatic carbocycles. The van der Waals surface area contributed by atoms with Crippen molar-refractivity contribution in [3.8, 4) is 0 Å². The summed E-state index contributed by atoms with van der Waals surface area (Å²) in [7, 11) is 0. The van der Waals surface area contributed by atoms with Gasteiger partial charge in [-0.05, 0) is 30.7 Å². The molecule has 2 N–H and O–H groups in total. The molecule has 0 amide bonds. The first-order valence-electron chi connectivity index (χ1n) is 8.26. The van der Waals surface area contributed by atoms with Crippen molar-refractivity contribution >= 4 is 17.3 Å². The molecule has 0 aromatic heterocycles. The van der Waals surface area contributed by atoms with Crippen molar-refractivity contribution in [3.63, 3.8) is 0 Å². The van der Waals surface area contributed by atoms with Crippen molar-refractivity contribution in [1.29, 1.82) is 0 Å². The third-order valence-electron chi connectivity index (χ3n) is 4.97. The number of piperidine rings is 1. The van der Waals surface area contributed by atoms with Crippen molar-refractivity contribution in [1.82, 2.24) is 0 Å². The normalized spacial score (nSPS) is 24.2. The van der Waals surface area contributed by atoms with Gasteiger partial charge in [0.05, 0.1) is 6.54 Å². The monoisotopic (exact) mass is 304 g/mol. The van der Waals surface area contributed by atoms with E-state index in [4.69, 9.17) is 10.6 Å². The Labute approximate surface area is 132 Å². The molecule has 0 radical (unpaired) electrons. The number of rotatable bonds is 3. The van der Waals surface area contributed by atoms with Gasteiger partial charge in [-0.1, -0.05) is 0 Å². The summed E-state index contributed by atoms with van der Waals surface area (Å²) in [5.74, 6) is -0.159. The van der Waals surface area contributed by atoms with Gasteiger partial charge < -0.3 is 10.6 Å². The van der Waals surface area contributed by atoms with Crippen LogP contribution in [-0.2, 0) is 9.63 Å². The molecule has 5 heteroatoms. The fraction of sp³-hybridized carbons (Fsp3) is 0.588. The van der Waals surface area contributed by atoms with Crippen LogP contribution in [0.25, 0.3) is 0 Å². The first kappa shape index (κ1) is 15.2. The predicted molar refractivity (Wildman–Crippen MR) is 87.1 cm³/mol. The first-order chi connectivity index (χ1) is 10.6. The third-order valence-corrected chi connectivity index (χ3v) is 4.97. The van der Waals surface area contributed by atoms with Crippen molar-refractivity contribution in [2.45, 2.75) is 38.6 Å². The highest BCUT2D eigenvalue weighted by atomic mass is 16.7. The minimum absolute atomic E-state index is 0.159. The van der Waals surface area contributed by atoms with Crippen LogP contribution in [0.4, 0.5) is 11.4 Å². The average molecular weight is 304 g/mol. The number of quaternary nitrogens is 1. The number of hydroxylamine groups is 3. The van der Waals surface area contributed by atoms with Gasteiger partial charge in [0.1, 0.15) is 19.1 Å². The molecule has 2 aliphatic rings. The summed E-state index contributed by atoms with van der Waals surface area (Å²) in [6.45, 7) is 5.40. The lowest BCUT2D eigenvalue weighted by atomic mass is 10.1. The average Bonchev–Trinajstić information content (AvgIpc) is 2.99. The lowest BCUT2D eigenvalue weighted by Gasteiger charge is -2.41. The zero-order valence-corrected chi connectivity index (χ0v) is 13.3. The molecule has 22 heavy (non-hydrogen) atoms. The van der Waals surface area contributed by atoms with Gasteiger partial charge in [0.2, 0.25) is 0 Å². The van der Waals surface area contributed by atoms with Gasteiger partial charge in [0.15, 0.2) is 0 Å². The van der Waals surface area contributed by atoms with E-state index in [1.165, 1.54) is 19.0 Å². The maximum absolute atomic E-state index is 11.6. The third kappa shape index (κ3) is 3.04. The van der Waals surface area contributed by atoms with Crippen LogP contribution in [0.2, 0.25) is 0 Å². The molecule has 1 unspecified atom stereocenters.